The maximum atomic E-state index is 10.1. The molecule has 0 bridgehead atoms. The fourth-order valence-corrected chi connectivity index (χ4v) is 0.356. The van der Waals surface area contributed by atoms with E-state index in [1.807, 2.05) is 0 Å². The van der Waals surface area contributed by atoms with Crippen LogP contribution in [0.2, 0.25) is 0 Å². The molecule has 0 saturated heterocycles. The molecular formula is C4H3BO. The average Bonchev–Trinajstić information content (AvgIpc) is 1.86. The Kier molecular flexibility index (Phi) is 0.711. The van der Waals surface area contributed by atoms with Crippen molar-refractivity contribution in [3.63, 3.8) is 0 Å². The number of ketones is 1. The van der Waals surface area contributed by atoms with Gasteiger partial charge in [0.1, 0.15) is 0 Å². The molecule has 1 aliphatic rings. The summed E-state index contributed by atoms with van der Waals surface area (Å²) in [5.41, 5.74) is 0. The van der Waals surface area contributed by atoms with E-state index < -0.39 is 0 Å². The van der Waals surface area contributed by atoms with E-state index in [2.05, 4.69) is 0 Å². The molecule has 0 amide bonds. The van der Waals surface area contributed by atoms with E-state index in [-0.39, 0.29) is 5.78 Å². The second-order valence-electron chi connectivity index (χ2n) is 1.12. The van der Waals surface area contributed by atoms with E-state index in [1.165, 1.54) is 12.0 Å². The summed E-state index contributed by atoms with van der Waals surface area (Å²) in [5, 5.41) is 0. The number of carbonyl (C=O) groups excluding carboxylic acids is 1. The Balaban J connectivity index is 2.86. The third-order valence-electron chi connectivity index (χ3n) is 0.632. The first-order valence-electron chi connectivity index (χ1n) is 1.78. The minimum absolute atomic E-state index is 0.0926. The van der Waals surface area contributed by atoms with Crippen LogP contribution >= 0.6 is 0 Å². The summed E-state index contributed by atoms with van der Waals surface area (Å²) in [6.45, 7) is 1.72. The molecule has 0 aromatic carbocycles. The van der Waals surface area contributed by atoms with E-state index in [1.54, 1.807) is 12.9 Å². The van der Waals surface area contributed by atoms with Crippen LogP contribution in [0, 0.1) is 0 Å². The van der Waals surface area contributed by atoms with Crippen LogP contribution in [0.3, 0.4) is 0 Å². The predicted molar refractivity (Wildman–Crippen MR) is 26.0 cm³/mol. The Hall–Kier alpha value is -0.655. The van der Waals surface area contributed by atoms with E-state index >= 15 is 0 Å². The second-order valence-corrected chi connectivity index (χ2v) is 1.12. The van der Waals surface area contributed by atoms with Gasteiger partial charge < -0.3 is 0 Å². The van der Waals surface area contributed by atoms with Crippen molar-refractivity contribution in [1.29, 1.82) is 0 Å². The number of allylic oxidation sites excluding steroid dienone is 1. The van der Waals surface area contributed by atoms with Gasteiger partial charge in [-0.05, 0) is 0 Å². The van der Waals surface area contributed by atoms with Crippen LogP contribution in [-0.2, 0) is 4.79 Å². The van der Waals surface area contributed by atoms with Gasteiger partial charge in [-0.25, -0.2) is 0 Å². The fraction of sp³-hybridized carbons (Fsp3) is 0. The van der Waals surface area contributed by atoms with Crippen LogP contribution in [0.1, 0.15) is 0 Å². The van der Waals surface area contributed by atoms with Crippen LogP contribution in [-0.4, -0.2) is 18.7 Å². The Bertz CT molecular complexity index is 110. The van der Waals surface area contributed by atoms with Crippen molar-refractivity contribution in [1.82, 2.24) is 0 Å². The van der Waals surface area contributed by atoms with Gasteiger partial charge in [0, 0.05) is 0 Å². The standard InChI is InChI=1S/C4H3BO/c6-4-1-2-5-3-4/h1-3H. The van der Waals surface area contributed by atoms with Gasteiger partial charge in [-0.2, -0.15) is 0 Å². The summed E-state index contributed by atoms with van der Waals surface area (Å²) < 4.78 is 0. The molecule has 0 spiro atoms. The molecule has 0 saturated carbocycles. The molecule has 28 valence electrons. The molecule has 0 aliphatic carbocycles. The first-order chi connectivity index (χ1) is 2.89. The van der Waals surface area contributed by atoms with Crippen molar-refractivity contribution < 1.29 is 4.79 Å². The molecule has 1 nitrogen and oxygen atoms in total. The van der Waals surface area contributed by atoms with Crippen molar-refractivity contribution in [2.24, 2.45) is 0 Å². The third-order valence-corrected chi connectivity index (χ3v) is 0.632. The molecule has 0 aromatic rings. The number of hydrogen-bond acceptors (Lipinski definition) is 1. The topological polar surface area (TPSA) is 17.1 Å². The molecule has 1 heterocycles. The zero-order chi connectivity index (χ0) is 4.41. The summed E-state index contributed by atoms with van der Waals surface area (Å²) >= 11 is 0. The van der Waals surface area contributed by atoms with Crippen LogP contribution in [0.5, 0.6) is 0 Å². The average molecular weight is 77.9 g/mol. The van der Waals surface area contributed by atoms with Crippen molar-refractivity contribution >= 4 is 18.7 Å². The molecule has 0 fully saturated rings. The Morgan fingerprint density at radius 3 is 2.67 bits per heavy atom. The van der Waals surface area contributed by atoms with E-state index in [0.29, 0.717) is 0 Å². The summed E-state index contributed by atoms with van der Waals surface area (Å²) in [4.78, 5) is 10.1. The zero-order valence-corrected chi connectivity index (χ0v) is 3.22. The van der Waals surface area contributed by atoms with Crippen molar-refractivity contribution in [2.75, 3.05) is 0 Å². The summed E-state index contributed by atoms with van der Waals surface area (Å²) in [5.74, 6) is 3.34. The van der Waals surface area contributed by atoms with Gasteiger partial charge in [0.05, 0.1) is 0 Å². The van der Waals surface area contributed by atoms with Crippen LogP contribution in [0.4, 0.5) is 0 Å². The molecular weight excluding hydrogens is 74.9 g/mol. The second kappa shape index (κ2) is 1.21. The zero-order valence-electron chi connectivity index (χ0n) is 3.22. The van der Waals surface area contributed by atoms with Gasteiger partial charge in [-0.1, -0.05) is 0 Å². The number of carbonyl (C=O) groups is 1. The molecule has 0 unspecified atom stereocenters. The van der Waals surface area contributed by atoms with Crippen LogP contribution < -0.4 is 0 Å². The predicted octanol–water partition coefficient (Wildman–Crippen LogP) is -0.411. The van der Waals surface area contributed by atoms with E-state index in [0.717, 1.165) is 0 Å². The Morgan fingerprint density at radius 1 is 1.67 bits per heavy atom. The summed E-state index contributed by atoms with van der Waals surface area (Å²) in [6, 6.07) is 0. The van der Waals surface area contributed by atoms with Gasteiger partial charge in [-0.3, -0.25) is 0 Å². The fourth-order valence-electron chi connectivity index (χ4n) is 0.356. The third kappa shape index (κ3) is 0.457. The van der Waals surface area contributed by atoms with Gasteiger partial charge >= 0.3 is 35.5 Å². The SMILES string of the molecule is O=C1C=BC=C1. The van der Waals surface area contributed by atoms with Gasteiger partial charge in [0.25, 0.3) is 0 Å². The molecule has 1 rings (SSSR count). The first kappa shape index (κ1) is 3.53. The summed E-state index contributed by atoms with van der Waals surface area (Å²) in [6.07, 6.45) is 1.53. The Labute approximate surface area is 36.6 Å². The molecule has 0 atom stereocenters. The summed E-state index contributed by atoms with van der Waals surface area (Å²) in [7, 11) is 0. The van der Waals surface area contributed by atoms with Crippen molar-refractivity contribution in [3.05, 3.63) is 12.1 Å². The van der Waals surface area contributed by atoms with Crippen molar-refractivity contribution in [2.45, 2.75) is 0 Å². The minimum atomic E-state index is 0.0926. The number of hydrogen-bond donors (Lipinski definition) is 0. The van der Waals surface area contributed by atoms with Crippen LogP contribution in [0.15, 0.2) is 12.1 Å². The molecule has 1 aliphatic heterocycles. The van der Waals surface area contributed by atoms with E-state index in [9.17, 15) is 4.79 Å². The number of rotatable bonds is 0. The molecule has 0 N–H and O–H groups in total. The van der Waals surface area contributed by atoms with Gasteiger partial charge in [0.2, 0.25) is 0 Å². The normalized spacial score (nSPS) is 15.7. The molecule has 0 radical (unpaired) electrons. The Morgan fingerprint density at radius 2 is 2.50 bits per heavy atom. The maximum absolute atomic E-state index is 10.1. The molecule has 2 heteroatoms. The quantitative estimate of drug-likeness (QED) is 0.360. The monoisotopic (exact) mass is 78.0 g/mol. The first-order valence-corrected chi connectivity index (χ1v) is 1.78. The molecule has 6 heavy (non-hydrogen) atoms. The molecule has 0 aromatic heterocycles. The van der Waals surface area contributed by atoms with Gasteiger partial charge in [0.15, 0.2) is 0 Å². The van der Waals surface area contributed by atoms with Crippen LogP contribution in [0.25, 0.3) is 0 Å². The van der Waals surface area contributed by atoms with Crippen molar-refractivity contribution in [3.8, 4) is 0 Å². The van der Waals surface area contributed by atoms with E-state index in [4.69, 9.17) is 0 Å². The van der Waals surface area contributed by atoms with Gasteiger partial charge in [-0.15, -0.1) is 0 Å².